The second-order valence-electron chi connectivity index (χ2n) is 4.69. The number of hydrogen-bond donors (Lipinski definition) is 1. The van der Waals surface area contributed by atoms with Gasteiger partial charge in [0.15, 0.2) is 5.78 Å². The maximum absolute atomic E-state index is 12.7. The van der Waals surface area contributed by atoms with Crippen molar-refractivity contribution in [2.24, 2.45) is 0 Å². The van der Waals surface area contributed by atoms with Crippen LogP contribution in [0.15, 0.2) is 54.6 Å². The molecule has 0 aliphatic carbocycles. The molecule has 2 aromatic carbocycles. The Kier molecular flexibility index (Phi) is 5.21. The Morgan fingerprint density at radius 1 is 0.905 bits per heavy atom. The van der Waals surface area contributed by atoms with Gasteiger partial charge in [0.2, 0.25) is 5.91 Å². The zero-order valence-electron chi connectivity index (χ0n) is 11.5. The summed E-state index contributed by atoms with van der Waals surface area (Å²) >= 11 is 0. The lowest BCUT2D eigenvalue weighted by molar-refractivity contribution is -0.121. The molecule has 0 saturated carbocycles. The van der Waals surface area contributed by atoms with Crippen molar-refractivity contribution in [3.63, 3.8) is 0 Å². The van der Waals surface area contributed by atoms with Gasteiger partial charge >= 0.3 is 0 Å². The number of benzene rings is 2. The van der Waals surface area contributed by atoms with Crippen LogP contribution in [0, 0.1) is 5.82 Å². The lowest BCUT2D eigenvalue weighted by atomic mass is 10.1. The molecule has 0 spiro atoms. The fraction of sp³-hybridized carbons (Fsp3) is 0.176. The summed E-state index contributed by atoms with van der Waals surface area (Å²) in [6, 6.07) is 14.8. The van der Waals surface area contributed by atoms with Gasteiger partial charge in [-0.05, 0) is 17.7 Å². The molecule has 2 rings (SSSR count). The first-order valence-corrected chi connectivity index (χ1v) is 6.74. The monoisotopic (exact) mass is 285 g/mol. The van der Waals surface area contributed by atoms with Gasteiger partial charge in [0.1, 0.15) is 5.82 Å². The van der Waals surface area contributed by atoms with E-state index in [9.17, 15) is 14.0 Å². The predicted molar refractivity (Wildman–Crippen MR) is 78.3 cm³/mol. The molecule has 0 saturated heterocycles. The van der Waals surface area contributed by atoms with Crippen molar-refractivity contribution < 1.29 is 14.0 Å². The SMILES string of the molecule is O=C(CCC(=O)c1ccccc1)NCc1ccc(F)cc1. The summed E-state index contributed by atoms with van der Waals surface area (Å²) in [7, 11) is 0. The fourth-order valence-corrected chi connectivity index (χ4v) is 1.89. The first-order valence-electron chi connectivity index (χ1n) is 6.74. The normalized spacial score (nSPS) is 10.1. The highest BCUT2D eigenvalue weighted by atomic mass is 19.1. The van der Waals surface area contributed by atoms with Crippen molar-refractivity contribution in [1.82, 2.24) is 5.32 Å². The fourth-order valence-electron chi connectivity index (χ4n) is 1.89. The van der Waals surface area contributed by atoms with E-state index in [0.717, 1.165) is 5.56 Å². The molecule has 0 unspecified atom stereocenters. The van der Waals surface area contributed by atoms with Crippen LogP contribution in [0.1, 0.15) is 28.8 Å². The molecule has 0 bridgehead atoms. The summed E-state index contributed by atoms with van der Waals surface area (Å²) in [6.07, 6.45) is 0.328. The molecule has 0 aliphatic heterocycles. The van der Waals surface area contributed by atoms with Gasteiger partial charge in [0.25, 0.3) is 0 Å². The lowest BCUT2D eigenvalue weighted by Gasteiger charge is -2.05. The highest BCUT2D eigenvalue weighted by Gasteiger charge is 2.08. The minimum atomic E-state index is -0.307. The van der Waals surface area contributed by atoms with Crippen molar-refractivity contribution in [3.05, 3.63) is 71.5 Å². The average molecular weight is 285 g/mol. The Balaban J connectivity index is 1.75. The summed E-state index contributed by atoms with van der Waals surface area (Å²) in [4.78, 5) is 23.5. The van der Waals surface area contributed by atoms with Crippen molar-refractivity contribution in [2.45, 2.75) is 19.4 Å². The van der Waals surface area contributed by atoms with E-state index in [1.807, 2.05) is 6.07 Å². The van der Waals surface area contributed by atoms with E-state index in [0.29, 0.717) is 12.1 Å². The van der Waals surface area contributed by atoms with Crippen LogP contribution in [0.2, 0.25) is 0 Å². The maximum Gasteiger partial charge on any atom is 0.220 e. The molecule has 0 atom stereocenters. The minimum absolute atomic E-state index is 0.0486. The van der Waals surface area contributed by atoms with Crippen LogP contribution in [0.3, 0.4) is 0 Å². The van der Waals surface area contributed by atoms with Crippen LogP contribution in [-0.2, 0) is 11.3 Å². The van der Waals surface area contributed by atoms with Gasteiger partial charge in [-0.25, -0.2) is 4.39 Å². The molecule has 1 amide bonds. The van der Waals surface area contributed by atoms with Crippen LogP contribution >= 0.6 is 0 Å². The Morgan fingerprint density at radius 3 is 2.24 bits per heavy atom. The van der Waals surface area contributed by atoms with E-state index in [1.54, 1.807) is 36.4 Å². The van der Waals surface area contributed by atoms with Crippen molar-refractivity contribution in [3.8, 4) is 0 Å². The second-order valence-corrected chi connectivity index (χ2v) is 4.69. The van der Waals surface area contributed by atoms with Gasteiger partial charge in [-0.1, -0.05) is 42.5 Å². The van der Waals surface area contributed by atoms with E-state index in [2.05, 4.69) is 5.32 Å². The number of hydrogen-bond acceptors (Lipinski definition) is 2. The smallest absolute Gasteiger partial charge is 0.220 e. The lowest BCUT2D eigenvalue weighted by Crippen LogP contribution is -2.23. The Hall–Kier alpha value is -2.49. The number of carbonyl (C=O) groups is 2. The predicted octanol–water partition coefficient (Wildman–Crippen LogP) is 3.11. The van der Waals surface area contributed by atoms with Gasteiger partial charge < -0.3 is 5.32 Å². The highest BCUT2D eigenvalue weighted by Crippen LogP contribution is 2.06. The zero-order valence-corrected chi connectivity index (χ0v) is 11.5. The summed E-state index contributed by atoms with van der Waals surface area (Å²) < 4.78 is 12.7. The summed E-state index contributed by atoms with van der Waals surface area (Å²) in [6.45, 7) is 0.332. The van der Waals surface area contributed by atoms with Crippen molar-refractivity contribution in [1.29, 1.82) is 0 Å². The molecular formula is C17H16FNO2. The number of ketones is 1. The Morgan fingerprint density at radius 2 is 1.57 bits per heavy atom. The zero-order chi connectivity index (χ0) is 15.1. The van der Waals surface area contributed by atoms with Crippen LogP contribution in [0.5, 0.6) is 0 Å². The summed E-state index contributed by atoms with van der Waals surface area (Å²) in [5.41, 5.74) is 1.43. The van der Waals surface area contributed by atoms with E-state index < -0.39 is 0 Å². The number of carbonyl (C=O) groups excluding carboxylic acids is 2. The van der Waals surface area contributed by atoms with E-state index in [-0.39, 0.29) is 30.3 Å². The van der Waals surface area contributed by atoms with Crippen molar-refractivity contribution >= 4 is 11.7 Å². The molecule has 21 heavy (non-hydrogen) atoms. The first-order chi connectivity index (χ1) is 10.1. The number of halogens is 1. The third-order valence-corrected chi connectivity index (χ3v) is 3.08. The molecular weight excluding hydrogens is 269 g/mol. The number of Topliss-reactive ketones (excluding diaryl/α,β-unsaturated/α-hetero) is 1. The Bertz CT molecular complexity index is 608. The maximum atomic E-state index is 12.7. The van der Waals surface area contributed by atoms with Crippen LogP contribution in [0.25, 0.3) is 0 Å². The van der Waals surface area contributed by atoms with Gasteiger partial charge in [0.05, 0.1) is 0 Å². The van der Waals surface area contributed by atoms with Gasteiger partial charge in [-0.2, -0.15) is 0 Å². The third kappa shape index (κ3) is 4.84. The Labute approximate surface area is 122 Å². The third-order valence-electron chi connectivity index (χ3n) is 3.08. The molecule has 0 fully saturated rings. The molecule has 3 nitrogen and oxygen atoms in total. The molecule has 0 aromatic heterocycles. The average Bonchev–Trinajstić information content (AvgIpc) is 2.53. The standard InChI is InChI=1S/C17H16FNO2/c18-15-8-6-13(7-9-15)12-19-17(21)11-10-16(20)14-4-2-1-3-5-14/h1-9H,10-12H2,(H,19,21). The summed E-state index contributed by atoms with van der Waals surface area (Å²) in [5.74, 6) is -0.547. The quantitative estimate of drug-likeness (QED) is 0.829. The molecule has 108 valence electrons. The molecule has 4 heteroatoms. The van der Waals surface area contributed by atoms with Gasteiger partial charge in [0, 0.05) is 24.9 Å². The first kappa shape index (κ1) is 14.9. The van der Waals surface area contributed by atoms with E-state index in [1.165, 1.54) is 12.1 Å². The van der Waals surface area contributed by atoms with E-state index in [4.69, 9.17) is 0 Å². The van der Waals surface area contributed by atoms with Gasteiger partial charge in [-0.3, -0.25) is 9.59 Å². The largest absolute Gasteiger partial charge is 0.352 e. The second kappa shape index (κ2) is 7.33. The molecule has 1 N–H and O–H groups in total. The molecule has 0 radical (unpaired) electrons. The minimum Gasteiger partial charge on any atom is -0.352 e. The van der Waals surface area contributed by atoms with Crippen LogP contribution in [-0.4, -0.2) is 11.7 Å². The highest BCUT2D eigenvalue weighted by molar-refractivity contribution is 5.97. The van der Waals surface area contributed by atoms with Crippen LogP contribution in [0.4, 0.5) is 4.39 Å². The van der Waals surface area contributed by atoms with E-state index >= 15 is 0 Å². The number of rotatable bonds is 6. The van der Waals surface area contributed by atoms with Crippen molar-refractivity contribution in [2.75, 3.05) is 0 Å². The molecule has 0 aliphatic rings. The number of amides is 1. The van der Waals surface area contributed by atoms with Gasteiger partial charge in [-0.15, -0.1) is 0 Å². The summed E-state index contributed by atoms with van der Waals surface area (Å²) in [5, 5.41) is 2.71. The van der Waals surface area contributed by atoms with Crippen LogP contribution < -0.4 is 5.32 Å². The number of nitrogens with one attached hydrogen (secondary N) is 1. The molecule has 0 heterocycles. The molecule has 2 aromatic rings. The topological polar surface area (TPSA) is 46.2 Å².